The van der Waals surface area contributed by atoms with Crippen LogP contribution < -0.4 is 14.8 Å². The van der Waals surface area contributed by atoms with Crippen molar-refractivity contribution < 1.29 is 17.9 Å². The summed E-state index contributed by atoms with van der Waals surface area (Å²) in [4.78, 5) is 12.0. The van der Waals surface area contributed by atoms with Gasteiger partial charge < -0.3 is 10.1 Å². The molecule has 1 atom stereocenters. The molecule has 6 nitrogen and oxygen atoms in total. The van der Waals surface area contributed by atoms with Crippen molar-refractivity contribution >= 4 is 21.6 Å². The maximum atomic E-state index is 12.2. The smallest absolute Gasteiger partial charge is 0.262 e. The minimum Gasteiger partial charge on any atom is -0.484 e. The van der Waals surface area contributed by atoms with Crippen LogP contribution in [0.25, 0.3) is 0 Å². The van der Waals surface area contributed by atoms with Gasteiger partial charge in [-0.25, -0.2) is 13.1 Å². The lowest BCUT2D eigenvalue weighted by Crippen LogP contribution is -2.31. The fourth-order valence-electron chi connectivity index (χ4n) is 2.00. The Bertz CT molecular complexity index is 790. The molecule has 0 aliphatic carbocycles. The van der Waals surface area contributed by atoms with Crippen LogP contribution in [-0.2, 0) is 14.8 Å². The summed E-state index contributed by atoms with van der Waals surface area (Å²) in [5, 5.41) is 2.66. The molecule has 0 saturated heterocycles. The predicted octanol–water partition coefficient (Wildman–Crippen LogP) is 2.78. The first-order valence-corrected chi connectivity index (χ1v) is 9.49. The molecular formula is C18H22N2O4S. The van der Waals surface area contributed by atoms with E-state index < -0.39 is 10.0 Å². The van der Waals surface area contributed by atoms with Crippen molar-refractivity contribution in [2.75, 3.05) is 11.9 Å². The molecule has 0 spiro atoms. The van der Waals surface area contributed by atoms with Crippen molar-refractivity contribution in [1.29, 1.82) is 0 Å². The Kier molecular flexibility index (Phi) is 6.55. The number of rotatable bonds is 8. The Morgan fingerprint density at radius 1 is 1.08 bits per heavy atom. The van der Waals surface area contributed by atoms with E-state index in [0.29, 0.717) is 17.9 Å². The van der Waals surface area contributed by atoms with E-state index in [0.717, 1.165) is 0 Å². The highest BCUT2D eigenvalue weighted by atomic mass is 32.2. The van der Waals surface area contributed by atoms with Crippen molar-refractivity contribution in [3.8, 4) is 5.75 Å². The molecule has 0 aliphatic rings. The van der Waals surface area contributed by atoms with Crippen molar-refractivity contribution in [2.45, 2.75) is 31.2 Å². The van der Waals surface area contributed by atoms with Crippen LogP contribution in [0.4, 0.5) is 5.69 Å². The number of anilines is 1. The Hall–Kier alpha value is -2.38. The number of nitrogens with one attached hydrogen (secondary N) is 2. The van der Waals surface area contributed by atoms with Crippen molar-refractivity contribution in [3.63, 3.8) is 0 Å². The van der Waals surface area contributed by atoms with Gasteiger partial charge in [0.05, 0.1) is 4.90 Å². The van der Waals surface area contributed by atoms with Crippen LogP contribution in [-0.4, -0.2) is 27.0 Å². The fraction of sp³-hybridized carbons (Fsp3) is 0.278. The Morgan fingerprint density at radius 2 is 1.72 bits per heavy atom. The number of ether oxygens (including phenoxy) is 1. The molecule has 7 heteroatoms. The first-order chi connectivity index (χ1) is 11.9. The molecule has 134 valence electrons. The quantitative estimate of drug-likeness (QED) is 0.756. The fourth-order valence-corrected chi connectivity index (χ4v) is 3.32. The Morgan fingerprint density at radius 3 is 2.32 bits per heavy atom. The van der Waals surface area contributed by atoms with Gasteiger partial charge in [0, 0.05) is 11.7 Å². The monoisotopic (exact) mass is 362 g/mol. The maximum Gasteiger partial charge on any atom is 0.262 e. The highest BCUT2D eigenvalue weighted by Gasteiger charge is 2.16. The molecule has 2 N–H and O–H groups in total. The van der Waals surface area contributed by atoms with Gasteiger partial charge in [0.25, 0.3) is 5.91 Å². The summed E-state index contributed by atoms with van der Waals surface area (Å²) in [7, 11) is -3.55. The molecule has 0 heterocycles. The van der Waals surface area contributed by atoms with E-state index >= 15 is 0 Å². The third kappa shape index (κ3) is 5.88. The first kappa shape index (κ1) is 19.0. The summed E-state index contributed by atoms with van der Waals surface area (Å²) in [5.74, 6) is 0.285. The molecule has 0 radical (unpaired) electrons. The van der Waals surface area contributed by atoms with E-state index in [4.69, 9.17) is 4.74 Å². The van der Waals surface area contributed by atoms with Gasteiger partial charge in [-0.3, -0.25) is 4.79 Å². The molecule has 2 aromatic carbocycles. The molecule has 0 unspecified atom stereocenters. The number of hydrogen-bond acceptors (Lipinski definition) is 4. The third-order valence-electron chi connectivity index (χ3n) is 3.53. The second kappa shape index (κ2) is 8.64. The molecule has 1 amide bonds. The number of benzene rings is 2. The minimum absolute atomic E-state index is 0.125. The van der Waals surface area contributed by atoms with Gasteiger partial charge in [0.1, 0.15) is 5.75 Å². The van der Waals surface area contributed by atoms with Crippen LogP contribution >= 0.6 is 0 Å². The zero-order valence-corrected chi connectivity index (χ0v) is 15.0. The average Bonchev–Trinajstić information content (AvgIpc) is 2.61. The van der Waals surface area contributed by atoms with Crippen LogP contribution in [0.15, 0.2) is 59.5 Å². The lowest BCUT2D eigenvalue weighted by atomic mass is 10.3. The molecule has 0 aliphatic heterocycles. The average molecular weight is 362 g/mol. The molecule has 0 aromatic heterocycles. The largest absolute Gasteiger partial charge is 0.484 e. The molecule has 0 bridgehead atoms. The molecule has 2 aromatic rings. The van der Waals surface area contributed by atoms with E-state index in [1.807, 2.05) is 25.1 Å². The lowest BCUT2D eigenvalue weighted by Gasteiger charge is -2.12. The number of sulfonamides is 1. The van der Waals surface area contributed by atoms with Gasteiger partial charge in [-0.2, -0.15) is 0 Å². The SMILES string of the molecule is CC[C@H](C)NS(=O)(=O)c1ccc(NC(=O)COc2ccccc2)cc1. The van der Waals surface area contributed by atoms with Crippen LogP contribution in [0.1, 0.15) is 20.3 Å². The third-order valence-corrected chi connectivity index (χ3v) is 5.14. The zero-order chi connectivity index (χ0) is 18.3. The minimum atomic E-state index is -3.55. The second-order valence-electron chi connectivity index (χ2n) is 5.60. The highest BCUT2D eigenvalue weighted by Crippen LogP contribution is 2.15. The zero-order valence-electron chi connectivity index (χ0n) is 14.2. The number of carbonyl (C=O) groups is 1. The summed E-state index contributed by atoms with van der Waals surface area (Å²) >= 11 is 0. The highest BCUT2D eigenvalue weighted by molar-refractivity contribution is 7.89. The van der Waals surface area contributed by atoms with Crippen molar-refractivity contribution in [2.24, 2.45) is 0 Å². The predicted molar refractivity (Wildman–Crippen MR) is 97.1 cm³/mol. The van der Waals surface area contributed by atoms with Crippen molar-refractivity contribution in [3.05, 3.63) is 54.6 Å². The van der Waals surface area contributed by atoms with Crippen LogP contribution in [0.2, 0.25) is 0 Å². The van der Waals surface area contributed by atoms with E-state index in [1.165, 1.54) is 12.1 Å². The summed E-state index contributed by atoms with van der Waals surface area (Å²) in [6.45, 7) is 3.59. The van der Waals surface area contributed by atoms with Crippen LogP contribution in [0, 0.1) is 0 Å². The van der Waals surface area contributed by atoms with E-state index in [2.05, 4.69) is 10.0 Å². The molecule has 25 heavy (non-hydrogen) atoms. The summed E-state index contributed by atoms with van der Waals surface area (Å²) < 4.78 is 32.3. The number of para-hydroxylation sites is 1. The molecular weight excluding hydrogens is 340 g/mol. The Labute approximate surface area is 148 Å². The van der Waals surface area contributed by atoms with E-state index in [-0.39, 0.29) is 23.5 Å². The Balaban J connectivity index is 1.92. The van der Waals surface area contributed by atoms with E-state index in [9.17, 15) is 13.2 Å². The van der Waals surface area contributed by atoms with Crippen molar-refractivity contribution in [1.82, 2.24) is 4.72 Å². The van der Waals surface area contributed by atoms with Gasteiger partial charge in [-0.05, 0) is 49.7 Å². The number of hydrogen-bond donors (Lipinski definition) is 2. The summed E-state index contributed by atoms with van der Waals surface area (Å²) in [6.07, 6.45) is 0.703. The van der Waals surface area contributed by atoms with Crippen LogP contribution in [0.5, 0.6) is 5.75 Å². The lowest BCUT2D eigenvalue weighted by molar-refractivity contribution is -0.118. The number of carbonyl (C=O) groups excluding carboxylic acids is 1. The van der Waals surface area contributed by atoms with Crippen LogP contribution in [0.3, 0.4) is 0 Å². The van der Waals surface area contributed by atoms with E-state index in [1.54, 1.807) is 31.2 Å². The van der Waals surface area contributed by atoms with Gasteiger partial charge in [-0.1, -0.05) is 25.1 Å². The number of amides is 1. The summed E-state index contributed by atoms with van der Waals surface area (Å²) in [5.41, 5.74) is 0.504. The van der Waals surface area contributed by atoms with Gasteiger partial charge in [0.2, 0.25) is 10.0 Å². The maximum absolute atomic E-state index is 12.2. The topological polar surface area (TPSA) is 84.5 Å². The normalized spacial score (nSPS) is 12.4. The standard InChI is InChI=1S/C18H22N2O4S/c1-3-14(2)20-25(22,23)17-11-9-15(10-12-17)19-18(21)13-24-16-7-5-4-6-8-16/h4-12,14,20H,3,13H2,1-2H3,(H,19,21)/t14-/m0/s1. The molecule has 0 fully saturated rings. The van der Waals surface area contributed by atoms with Gasteiger partial charge in [0.15, 0.2) is 6.61 Å². The molecule has 0 saturated carbocycles. The summed E-state index contributed by atoms with van der Waals surface area (Å²) in [6, 6.07) is 14.9. The first-order valence-electron chi connectivity index (χ1n) is 8.01. The molecule has 2 rings (SSSR count). The van der Waals surface area contributed by atoms with Gasteiger partial charge in [-0.15, -0.1) is 0 Å². The second-order valence-corrected chi connectivity index (χ2v) is 7.32. The van der Waals surface area contributed by atoms with Gasteiger partial charge >= 0.3 is 0 Å².